The average Bonchev–Trinajstić information content (AvgIpc) is 3.36. The second-order valence-corrected chi connectivity index (χ2v) is 8.46. The minimum absolute atomic E-state index is 0.00376. The molecule has 1 aromatic carbocycles. The lowest BCUT2D eigenvalue weighted by Crippen LogP contribution is -2.69. The van der Waals surface area contributed by atoms with E-state index in [0.717, 1.165) is 0 Å². The molecule has 0 bridgehead atoms. The highest BCUT2D eigenvalue weighted by Crippen LogP contribution is 2.45. The van der Waals surface area contributed by atoms with Crippen LogP contribution in [0.5, 0.6) is 0 Å². The summed E-state index contributed by atoms with van der Waals surface area (Å²) in [6.07, 6.45) is 0.982. The fourth-order valence-corrected chi connectivity index (χ4v) is 5.02. The minimum Gasteiger partial charge on any atom is -0.466 e. The Morgan fingerprint density at radius 2 is 2.03 bits per heavy atom. The maximum absolute atomic E-state index is 13.7. The van der Waals surface area contributed by atoms with Crippen LogP contribution in [0.15, 0.2) is 29.6 Å². The van der Waals surface area contributed by atoms with Gasteiger partial charge in [-0.15, -0.1) is 11.3 Å². The van der Waals surface area contributed by atoms with Gasteiger partial charge in [-0.1, -0.05) is 19.1 Å². The first-order valence-corrected chi connectivity index (χ1v) is 11.5. The van der Waals surface area contributed by atoms with E-state index in [1.54, 1.807) is 36.6 Å². The Kier molecular flexibility index (Phi) is 5.96. The fraction of sp³-hybridized carbons (Fsp3) is 0.409. The minimum atomic E-state index is -1.45. The Balaban J connectivity index is 1.68. The zero-order valence-corrected chi connectivity index (χ0v) is 18.7. The molecule has 2 aromatic rings. The Morgan fingerprint density at radius 3 is 2.78 bits per heavy atom. The molecule has 1 fully saturated rings. The summed E-state index contributed by atoms with van der Waals surface area (Å²) in [7, 11) is 0. The number of fused-ring (bicyclic) bond motifs is 3. The van der Waals surface area contributed by atoms with E-state index in [4.69, 9.17) is 4.74 Å². The molecule has 168 valence electrons. The van der Waals surface area contributed by atoms with Crippen LogP contribution >= 0.6 is 11.3 Å². The molecular weight excluding hydrogens is 432 g/mol. The zero-order chi connectivity index (χ0) is 22.9. The number of rotatable bonds is 7. The Morgan fingerprint density at radius 1 is 1.25 bits per heavy atom. The third-order valence-electron chi connectivity index (χ3n) is 5.59. The highest BCUT2D eigenvalue weighted by Gasteiger charge is 2.60. The van der Waals surface area contributed by atoms with Gasteiger partial charge in [0.05, 0.1) is 30.0 Å². The summed E-state index contributed by atoms with van der Waals surface area (Å²) in [6, 6.07) is 6.87. The number of anilines is 2. The van der Waals surface area contributed by atoms with Gasteiger partial charge >= 0.3 is 5.97 Å². The van der Waals surface area contributed by atoms with Crippen LogP contribution in [-0.2, 0) is 25.5 Å². The molecule has 9 nitrogen and oxygen atoms in total. The normalized spacial score (nSPS) is 19.6. The maximum atomic E-state index is 13.7. The molecule has 4 rings (SSSR count). The quantitative estimate of drug-likeness (QED) is 0.642. The van der Waals surface area contributed by atoms with Crippen molar-refractivity contribution in [3.63, 3.8) is 0 Å². The molecule has 10 heteroatoms. The van der Waals surface area contributed by atoms with E-state index in [1.807, 2.05) is 6.92 Å². The van der Waals surface area contributed by atoms with E-state index in [1.165, 1.54) is 21.1 Å². The van der Waals surface area contributed by atoms with Crippen molar-refractivity contribution < 1.29 is 23.9 Å². The monoisotopic (exact) mass is 456 g/mol. The van der Waals surface area contributed by atoms with Crippen LogP contribution < -0.4 is 10.2 Å². The van der Waals surface area contributed by atoms with Crippen LogP contribution in [0.3, 0.4) is 0 Å². The Hall–Kier alpha value is -3.27. The third kappa shape index (κ3) is 3.54. The van der Waals surface area contributed by atoms with Crippen molar-refractivity contribution in [3.05, 3.63) is 40.9 Å². The van der Waals surface area contributed by atoms with Crippen molar-refractivity contribution in [2.24, 2.45) is 0 Å². The van der Waals surface area contributed by atoms with Crippen LogP contribution in [0.4, 0.5) is 10.8 Å². The number of carbonyl (C=O) groups excluding carboxylic acids is 4. The number of nitrogens with one attached hydrogen (secondary N) is 1. The first kappa shape index (κ1) is 21.9. The molecule has 2 aliphatic rings. The number of nitrogens with zero attached hydrogens (tertiary/aromatic N) is 3. The summed E-state index contributed by atoms with van der Waals surface area (Å²) < 4.78 is 4.93. The summed E-state index contributed by atoms with van der Waals surface area (Å²) in [5.74, 6) is -1.36. The maximum Gasteiger partial charge on any atom is 0.311 e. The van der Waals surface area contributed by atoms with E-state index in [2.05, 4.69) is 10.3 Å². The van der Waals surface area contributed by atoms with Crippen molar-refractivity contribution in [2.75, 3.05) is 23.4 Å². The van der Waals surface area contributed by atoms with Crippen molar-refractivity contribution in [3.8, 4) is 0 Å². The summed E-state index contributed by atoms with van der Waals surface area (Å²) in [6.45, 7) is 4.26. The number of hydrogen-bond donors (Lipinski definition) is 1. The molecule has 1 saturated heterocycles. The molecule has 2 aliphatic heterocycles. The molecule has 0 unspecified atom stereocenters. The van der Waals surface area contributed by atoms with Crippen molar-refractivity contribution >= 4 is 45.8 Å². The lowest BCUT2D eigenvalue weighted by Gasteiger charge is -2.49. The molecule has 32 heavy (non-hydrogen) atoms. The van der Waals surface area contributed by atoms with Gasteiger partial charge < -0.3 is 9.64 Å². The first-order chi connectivity index (χ1) is 15.4. The molecule has 3 heterocycles. The second kappa shape index (κ2) is 8.70. The molecule has 0 radical (unpaired) electrons. The standard InChI is InChI=1S/C22H24N4O5S/c1-3-11-25-19(29)15-7-5-6-8-16(15)26-17(27)9-10-22(25,26)20(30)24-21-23-14(13-32-21)12-18(28)31-4-2/h5-8,13H,3-4,9-12H2,1-2H3,(H,23,24,30)/t22-/m0/s1. The van der Waals surface area contributed by atoms with Gasteiger partial charge in [-0.2, -0.15) is 0 Å². The van der Waals surface area contributed by atoms with E-state index in [0.29, 0.717) is 35.0 Å². The number of ether oxygens (including phenoxy) is 1. The molecule has 1 aromatic heterocycles. The number of thiazole rings is 1. The smallest absolute Gasteiger partial charge is 0.311 e. The zero-order valence-electron chi connectivity index (χ0n) is 17.9. The summed E-state index contributed by atoms with van der Waals surface area (Å²) in [5, 5.41) is 4.76. The molecule has 1 N–H and O–H groups in total. The van der Waals surface area contributed by atoms with Gasteiger partial charge in [0.2, 0.25) is 11.6 Å². The predicted octanol–water partition coefficient (Wildman–Crippen LogP) is 2.58. The molecule has 0 aliphatic carbocycles. The van der Waals surface area contributed by atoms with Crippen LogP contribution in [0, 0.1) is 0 Å². The van der Waals surface area contributed by atoms with Gasteiger partial charge in [0.15, 0.2) is 5.13 Å². The predicted molar refractivity (Wildman–Crippen MR) is 118 cm³/mol. The Bertz CT molecular complexity index is 1080. The van der Waals surface area contributed by atoms with Crippen LogP contribution in [-0.4, -0.2) is 52.4 Å². The van der Waals surface area contributed by atoms with Crippen molar-refractivity contribution in [2.45, 2.75) is 45.2 Å². The van der Waals surface area contributed by atoms with Crippen LogP contribution in [0.25, 0.3) is 0 Å². The number of benzene rings is 1. The fourth-order valence-electron chi connectivity index (χ4n) is 4.31. The molecule has 1 atom stereocenters. The van der Waals surface area contributed by atoms with Crippen molar-refractivity contribution in [1.82, 2.24) is 9.88 Å². The topological polar surface area (TPSA) is 109 Å². The van der Waals surface area contributed by atoms with E-state index in [9.17, 15) is 19.2 Å². The highest BCUT2D eigenvalue weighted by molar-refractivity contribution is 7.14. The van der Waals surface area contributed by atoms with E-state index < -0.39 is 17.5 Å². The van der Waals surface area contributed by atoms with E-state index in [-0.39, 0.29) is 37.7 Å². The van der Waals surface area contributed by atoms with Gasteiger partial charge in [-0.3, -0.25) is 29.4 Å². The SMILES string of the molecule is CCCN1C(=O)c2ccccc2N2C(=O)CC[C@]12C(=O)Nc1nc(CC(=O)OCC)cs1. The molecule has 0 saturated carbocycles. The van der Waals surface area contributed by atoms with Crippen LogP contribution in [0.2, 0.25) is 0 Å². The second-order valence-electron chi connectivity index (χ2n) is 7.60. The Labute approximate surface area is 189 Å². The largest absolute Gasteiger partial charge is 0.466 e. The average molecular weight is 457 g/mol. The lowest BCUT2D eigenvalue weighted by atomic mass is 9.95. The summed E-state index contributed by atoms with van der Waals surface area (Å²) in [4.78, 5) is 58.9. The van der Waals surface area contributed by atoms with E-state index >= 15 is 0 Å². The molecule has 3 amide bonds. The van der Waals surface area contributed by atoms with Crippen molar-refractivity contribution in [1.29, 1.82) is 0 Å². The van der Waals surface area contributed by atoms with Gasteiger partial charge in [0, 0.05) is 24.8 Å². The van der Waals surface area contributed by atoms with Gasteiger partial charge in [0.1, 0.15) is 0 Å². The van der Waals surface area contributed by atoms with Gasteiger partial charge in [-0.25, -0.2) is 4.98 Å². The summed E-state index contributed by atoms with van der Waals surface area (Å²) in [5.41, 5.74) is -0.114. The summed E-state index contributed by atoms with van der Waals surface area (Å²) >= 11 is 1.18. The number of amides is 3. The third-order valence-corrected chi connectivity index (χ3v) is 6.39. The number of para-hydroxylation sites is 1. The van der Waals surface area contributed by atoms with Crippen LogP contribution in [0.1, 0.15) is 49.2 Å². The molecule has 0 spiro atoms. The number of hydrogen-bond acceptors (Lipinski definition) is 7. The van der Waals surface area contributed by atoms with Gasteiger partial charge in [0.25, 0.3) is 11.8 Å². The first-order valence-electron chi connectivity index (χ1n) is 10.6. The number of carbonyl (C=O) groups is 4. The number of esters is 1. The highest BCUT2D eigenvalue weighted by atomic mass is 32.1. The lowest BCUT2D eigenvalue weighted by molar-refractivity contribution is -0.142. The van der Waals surface area contributed by atoms with Gasteiger partial charge in [-0.05, 0) is 25.5 Å². The number of aromatic nitrogens is 1. The molecular formula is C22H24N4O5S.